The van der Waals surface area contributed by atoms with Gasteiger partial charge in [-0.3, -0.25) is 14.5 Å². The van der Waals surface area contributed by atoms with Gasteiger partial charge in [0.1, 0.15) is 0 Å². The predicted octanol–water partition coefficient (Wildman–Crippen LogP) is 2.34. The van der Waals surface area contributed by atoms with Crippen LogP contribution in [-0.4, -0.2) is 34.5 Å². The lowest BCUT2D eigenvalue weighted by Gasteiger charge is -2.27. The summed E-state index contributed by atoms with van der Waals surface area (Å²) in [4.78, 5) is 35.9. The number of anilines is 1. The van der Waals surface area contributed by atoms with Crippen LogP contribution >= 0.6 is 0 Å². The summed E-state index contributed by atoms with van der Waals surface area (Å²) in [5, 5.41) is 17.9. The summed E-state index contributed by atoms with van der Waals surface area (Å²) in [6.07, 6.45) is -1.91. The number of ether oxygens (including phenoxy) is 1. The molecule has 0 aromatic heterocycles. The predicted molar refractivity (Wildman–Crippen MR) is 81.1 cm³/mol. The maximum absolute atomic E-state index is 12.7. The Bertz CT molecular complexity index is 629. The van der Waals surface area contributed by atoms with Crippen molar-refractivity contribution in [1.82, 2.24) is 0 Å². The fourth-order valence-electron chi connectivity index (χ4n) is 2.79. The van der Waals surface area contributed by atoms with E-state index in [4.69, 9.17) is 14.9 Å². The number of hydrogen-bond donors (Lipinski definition) is 2. The van der Waals surface area contributed by atoms with Gasteiger partial charge in [0.05, 0.1) is 11.6 Å². The third-order valence-corrected chi connectivity index (χ3v) is 3.96. The van der Waals surface area contributed by atoms with Crippen molar-refractivity contribution < 1.29 is 29.3 Å². The van der Waals surface area contributed by atoms with Gasteiger partial charge in [-0.1, -0.05) is 32.0 Å². The van der Waals surface area contributed by atoms with Crippen molar-refractivity contribution in [3.63, 3.8) is 0 Å². The summed E-state index contributed by atoms with van der Waals surface area (Å²) in [5.41, 5.74) is 1.43. The van der Waals surface area contributed by atoms with Crippen LogP contribution in [0.1, 0.15) is 25.8 Å². The fourth-order valence-corrected chi connectivity index (χ4v) is 2.79. The second-order valence-corrected chi connectivity index (χ2v) is 5.76. The number of hydrogen-bond acceptors (Lipinski definition) is 4. The molecule has 1 aromatic rings. The minimum atomic E-state index is -1.45. The zero-order chi connectivity index (χ0) is 17.1. The first-order chi connectivity index (χ1) is 10.8. The van der Waals surface area contributed by atoms with Gasteiger partial charge >= 0.3 is 12.1 Å². The Morgan fingerprint density at radius 2 is 1.87 bits per heavy atom. The summed E-state index contributed by atoms with van der Waals surface area (Å²) >= 11 is 0. The number of carboxylic acids is 1. The molecule has 1 aliphatic heterocycles. The van der Waals surface area contributed by atoms with Crippen LogP contribution in [0.4, 0.5) is 10.5 Å². The Morgan fingerprint density at radius 3 is 2.48 bits per heavy atom. The Balaban J connectivity index is 2.23. The Labute approximate surface area is 133 Å². The van der Waals surface area contributed by atoms with E-state index in [0.29, 0.717) is 5.69 Å². The average molecular weight is 321 g/mol. The summed E-state index contributed by atoms with van der Waals surface area (Å²) < 4.78 is 4.84. The number of para-hydroxylation sites is 1. The van der Waals surface area contributed by atoms with Crippen molar-refractivity contribution in [3.8, 4) is 0 Å². The highest BCUT2D eigenvalue weighted by atomic mass is 16.7. The van der Waals surface area contributed by atoms with Gasteiger partial charge < -0.3 is 14.9 Å². The summed E-state index contributed by atoms with van der Waals surface area (Å²) in [6.45, 7) is 3.18. The normalized spacial score (nSPS) is 18.9. The first kappa shape index (κ1) is 16.8. The van der Waals surface area contributed by atoms with E-state index in [0.717, 1.165) is 5.56 Å². The number of carboxylic acid groups (broad SMARTS) is 2. The number of rotatable bonds is 5. The average Bonchev–Trinajstić information content (AvgIpc) is 2.82. The number of aliphatic carboxylic acids is 1. The second kappa shape index (κ2) is 6.68. The lowest BCUT2D eigenvalue weighted by Crippen LogP contribution is -2.43. The van der Waals surface area contributed by atoms with E-state index in [1.807, 2.05) is 6.07 Å². The van der Waals surface area contributed by atoms with E-state index in [-0.39, 0.29) is 18.7 Å². The molecule has 0 unspecified atom stereocenters. The Hall–Kier alpha value is -2.57. The molecular weight excluding hydrogens is 302 g/mol. The molecule has 7 heteroatoms. The summed E-state index contributed by atoms with van der Waals surface area (Å²) in [6, 6.07) is 7.10. The third-order valence-electron chi connectivity index (χ3n) is 3.96. The second-order valence-electron chi connectivity index (χ2n) is 5.76. The smallest absolute Gasteiger partial charge is 0.481 e. The van der Waals surface area contributed by atoms with Gasteiger partial charge in [0, 0.05) is 12.3 Å². The number of fused-ring (bicyclic) bond motifs is 1. The van der Waals surface area contributed by atoms with E-state index in [1.165, 1.54) is 11.8 Å². The molecule has 1 aliphatic rings. The van der Waals surface area contributed by atoms with Crippen molar-refractivity contribution in [2.75, 3.05) is 4.90 Å². The number of carbonyl (C=O) groups excluding carboxylic acids is 1. The Morgan fingerprint density at radius 1 is 1.22 bits per heavy atom. The zero-order valence-corrected chi connectivity index (χ0v) is 12.9. The van der Waals surface area contributed by atoms with Gasteiger partial charge in [-0.25, -0.2) is 4.79 Å². The largest absolute Gasteiger partial charge is 0.507 e. The van der Waals surface area contributed by atoms with Gasteiger partial charge in [0.25, 0.3) is 0 Å². The zero-order valence-electron chi connectivity index (χ0n) is 12.9. The first-order valence-corrected chi connectivity index (χ1v) is 7.34. The van der Waals surface area contributed by atoms with Crippen molar-refractivity contribution in [2.24, 2.45) is 11.8 Å². The van der Waals surface area contributed by atoms with Crippen LogP contribution in [0.5, 0.6) is 0 Å². The van der Waals surface area contributed by atoms with Crippen LogP contribution in [0.15, 0.2) is 24.3 Å². The third kappa shape index (κ3) is 3.61. The number of nitrogens with zero attached hydrogens (tertiary/aromatic N) is 1. The summed E-state index contributed by atoms with van der Waals surface area (Å²) in [5.74, 6) is -2.53. The van der Waals surface area contributed by atoms with E-state index < -0.39 is 30.2 Å². The topological polar surface area (TPSA) is 104 Å². The molecule has 7 nitrogen and oxygen atoms in total. The molecule has 1 heterocycles. The minimum absolute atomic E-state index is 0.173. The molecule has 1 aromatic carbocycles. The molecule has 1 amide bonds. The molecule has 3 atom stereocenters. The van der Waals surface area contributed by atoms with Crippen LogP contribution in [-0.2, 0) is 20.7 Å². The highest BCUT2D eigenvalue weighted by molar-refractivity contribution is 5.97. The number of amides is 1. The molecular formula is C16H19NO6. The molecule has 0 spiro atoms. The molecule has 23 heavy (non-hydrogen) atoms. The molecule has 0 aliphatic carbocycles. The van der Waals surface area contributed by atoms with Gasteiger partial charge in [0.2, 0.25) is 5.91 Å². The standard InChI is InChI=1S/C16H19NO6/c1-9(7-10(2)15(19)20)14(18)17-12-6-4-3-5-11(12)8-13(17)23-16(21)22/h3-6,9-10,13H,7-8H2,1-2H3,(H,19,20)(H,21,22)/t9-,10-,13+/m1/s1. The van der Waals surface area contributed by atoms with Crippen LogP contribution in [0.2, 0.25) is 0 Å². The van der Waals surface area contributed by atoms with E-state index in [2.05, 4.69) is 0 Å². The number of benzene rings is 1. The number of carbonyl (C=O) groups is 3. The van der Waals surface area contributed by atoms with Crippen molar-refractivity contribution in [3.05, 3.63) is 29.8 Å². The lowest BCUT2D eigenvalue weighted by molar-refractivity contribution is -0.141. The van der Waals surface area contributed by atoms with E-state index in [9.17, 15) is 14.4 Å². The lowest BCUT2D eigenvalue weighted by atomic mass is 9.96. The van der Waals surface area contributed by atoms with E-state index in [1.54, 1.807) is 25.1 Å². The van der Waals surface area contributed by atoms with Crippen LogP contribution in [0.25, 0.3) is 0 Å². The van der Waals surface area contributed by atoms with Gasteiger partial charge in [-0.05, 0) is 18.1 Å². The van der Waals surface area contributed by atoms with Gasteiger partial charge in [-0.15, -0.1) is 0 Å². The maximum Gasteiger partial charge on any atom is 0.507 e. The monoisotopic (exact) mass is 321 g/mol. The minimum Gasteiger partial charge on any atom is -0.481 e. The first-order valence-electron chi connectivity index (χ1n) is 7.34. The molecule has 0 fully saturated rings. The maximum atomic E-state index is 12.7. The molecule has 0 bridgehead atoms. The fraction of sp³-hybridized carbons (Fsp3) is 0.438. The van der Waals surface area contributed by atoms with Crippen molar-refractivity contribution >= 4 is 23.7 Å². The molecule has 2 rings (SSSR count). The van der Waals surface area contributed by atoms with Gasteiger partial charge in [-0.2, -0.15) is 0 Å². The summed E-state index contributed by atoms with van der Waals surface area (Å²) in [7, 11) is 0. The van der Waals surface area contributed by atoms with Gasteiger partial charge in [0.15, 0.2) is 6.23 Å². The van der Waals surface area contributed by atoms with Crippen molar-refractivity contribution in [1.29, 1.82) is 0 Å². The van der Waals surface area contributed by atoms with E-state index >= 15 is 0 Å². The highest BCUT2D eigenvalue weighted by Gasteiger charge is 2.38. The van der Waals surface area contributed by atoms with Crippen LogP contribution in [0.3, 0.4) is 0 Å². The molecule has 0 saturated heterocycles. The molecule has 2 N–H and O–H groups in total. The SMILES string of the molecule is C[C@H](C[C@@H](C)C(=O)N1c2ccccc2C[C@@H]1OC(=O)O)C(=O)O. The molecule has 124 valence electrons. The van der Waals surface area contributed by atoms with Crippen LogP contribution in [0, 0.1) is 11.8 Å². The molecule has 0 saturated carbocycles. The molecule has 0 radical (unpaired) electrons. The quantitative estimate of drug-likeness (QED) is 0.807. The Kier molecular flexibility index (Phi) is 4.88. The van der Waals surface area contributed by atoms with Crippen molar-refractivity contribution in [2.45, 2.75) is 32.9 Å². The highest BCUT2D eigenvalue weighted by Crippen LogP contribution is 2.34. The van der Waals surface area contributed by atoms with Crippen LogP contribution < -0.4 is 4.90 Å².